The number of amides is 2. The quantitative estimate of drug-likeness (QED) is 0.748. The molecule has 0 aromatic carbocycles. The first kappa shape index (κ1) is 11.8. The van der Waals surface area contributed by atoms with Gasteiger partial charge in [0, 0.05) is 13.1 Å². The fourth-order valence-corrected chi connectivity index (χ4v) is 1.02. The maximum atomic E-state index is 11.3. The molecule has 0 aliphatic rings. The van der Waals surface area contributed by atoms with E-state index in [1.807, 2.05) is 0 Å². The maximum Gasteiger partial charge on any atom is 0.410 e. The molecule has 0 bridgehead atoms. The van der Waals surface area contributed by atoms with Crippen molar-refractivity contribution >= 4 is 12.0 Å². The molecule has 0 unspecified atom stereocenters. The Morgan fingerprint density at radius 2 is 2.12 bits per heavy atom. The second-order valence-electron chi connectivity index (χ2n) is 2.72. The van der Waals surface area contributed by atoms with Crippen LogP contribution in [0.5, 0.6) is 11.5 Å². The van der Waals surface area contributed by atoms with Gasteiger partial charge >= 0.3 is 6.09 Å². The predicted molar refractivity (Wildman–Crippen MR) is 54.4 cm³/mol. The number of pyridine rings is 1. The largest absolute Gasteiger partial charge is 0.493 e. The maximum absolute atomic E-state index is 11.3. The summed E-state index contributed by atoms with van der Waals surface area (Å²) in [7, 11) is 2.85. The van der Waals surface area contributed by atoms with Crippen molar-refractivity contribution in [3.63, 3.8) is 0 Å². The number of ether oxygens (including phenoxy) is 2. The van der Waals surface area contributed by atoms with Crippen LogP contribution in [0.3, 0.4) is 0 Å². The van der Waals surface area contributed by atoms with E-state index in [1.165, 1.54) is 26.4 Å². The molecule has 0 radical (unpaired) electrons. The number of carbonyl (C=O) groups excluding carboxylic acids is 2. The highest BCUT2D eigenvalue weighted by molar-refractivity contribution is 5.92. The Bertz CT molecular complexity index is 419. The van der Waals surface area contributed by atoms with E-state index in [9.17, 15) is 9.59 Å². The van der Waals surface area contributed by atoms with Crippen LogP contribution in [0.4, 0.5) is 4.79 Å². The van der Waals surface area contributed by atoms with Crippen molar-refractivity contribution in [2.75, 3.05) is 14.2 Å². The molecule has 7 nitrogen and oxygen atoms in total. The van der Waals surface area contributed by atoms with E-state index in [2.05, 4.69) is 15.0 Å². The molecule has 1 heterocycles. The first-order valence-corrected chi connectivity index (χ1v) is 4.32. The van der Waals surface area contributed by atoms with Gasteiger partial charge in [0.25, 0.3) is 5.91 Å². The second kappa shape index (κ2) is 4.96. The standard InChI is InChI=1S/C9H11N3O4/c1-11-8(13)5-3-6(15-2)7(4-12-5)16-9(10)14/h3-4H,1-2H3,(H2,10,14)(H,11,13). The molecule has 0 saturated carbocycles. The topological polar surface area (TPSA) is 104 Å². The van der Waals surface area contributed by atoms with Crippen molar-refractivity contribution in [1.82, 2.24) is 10.3 Å². The summed E-state index contributed by atoms with van der Waals surface area (Å²) in [6.45, 7) is 0. The van der Waals surface area contributed by atoms with Crippen LogP contribution >= 0.6 is 0 Å². The van der Waals surface area contributed by atoms with E-state index in [1.54, 1.807) is 0 Å². The highest BCUT2D eigenvalue weighted by atomic mass is 16.6. The first-order valence-electron chi connectivity index (χ1n) is 4.32. The lowest BCUT2D eigenvalue weighted by atomic mass is 10.3. The molecule has 7 heteroatoms. The lowest BCUT2D eigenvalue weighted by Crippen LogP contribution is -2.20. The highest BCUT2D eigenvalue weighted by Crippen LogP contribution is 2.26. The van der Waals surface area contributed by atoms with Crippen LogP contribution in [0.2, 0.25) is 0 Å². The van der Waals surface area contributed by atoms with Crippen LogP contribution in [0.15, 0.2) is 12.3 Å². The van der Waals surface area contributed by atoms with Gasteiger partial charge in [0.2, 0.25) is 0 Å². The molecule has 1 aromatic heterocycles. The minimum atomic E-state index is -0.979. The summed E-state index contributed by atoms with van der Waals surface area (Å²) in [4.78, 5) is 25.6. The van der Waals surface area contributed by atoms with Gasteiger partial charge in [-0.1, -0.05) is 0 Å². The van der Waals surface area contributed by atoms with Crippen molar-refractivity contribution < 1.29 is 19.1 Å². The summed E-state index contributed by atoms with van der Waals surface area (Å²) >= 11 is 0. The Morgan fingerprint density at radius 3 is 2.62 bits per heavy atom. The van der Waals surface area contributed by atoms with Gasteiger partial charge in [0.05, 0.1) is 13.3 Å². The van der Waals surface area contributed by atoms with Gasteiger partial charge in [-0.05, 0) is 0 Å². The number of hydrogen-bond acceptors (Lipinski definition) is 5. The zero-order valence-corrected chi connectivity index (χ0v) is 8.81. The summed E-state index contributed by atoms with van der Waals surface area (Å²) in [6.07, 6.45) is 0.210. The Morgan fingerprint density at radius 1 is 1.44 bits per heavy atom. The number of hydrogen-bond donors (Lipinski definition) is 2. The molecule has 16 heavy (non-hydrogen) atoms. The third-order valence-corrected chi connectivity index (χ3v) is 1.72. The first-order chi connectivity index (χ1) is 7.58. The molecule has 1 rings (SSSR count). The number of nitrogens with two attached hydrogens (primary N) is 1. The molecule has 0 aliphatic heterocycles. The fraction of sp³-hybridized carbons (Fsp3) is 0.222. The number of primary amides is 1. The van der Waals surface area contributed by atoms with E-state index in [0.717, 1.165) is 0 Å². The number of carbonyl (C=O) groups is 2. The minimum Gasteiger partial charge on any atom is -0.493 e. The summed E-state index contributed by atoms with van der Waals surface area (Å²) < 4.78 is 9.55. The number of aromatic nitrogens is 1. The van der Waals surface area contributed by atoms with Crippen molar-refractivity contribution in [3.05, 3.63) is 18.0 Å². The van der Waals surface area contributed by atoms with Crippen LogP contribution in [0, 0.1) is 0 Å². The Kier molecular flexibility index (Phi) is 3.65. The lowest BCUT2D eigenvalue weighted by Gasteiger charge is -2.08. The predicted octanol–water partition coefficient (Wildman–Crippen LogP) is -0.0927. The van der Waals surface area contributed by atoms with Gasteiger partial charge in [-0.2, -0.15) is 0 Å². The Balaban J connectivity index is 3.06. The molecule has 0 fully saturated rings. The van der Waals surface area contributed by atoms with Gasteiger partial charge < -0.3 is 20.5 Å². The smallest absolute Gasteiger partial charge is 0.410 e. The minimum absolute atomic E-state index is 0.0580. The average Bonchev–Trinajstić information content (AvgIpc) is 2.27. The zero-order valence-electron chi connectivity index (χ0n) is 8.81. The van der Waals surface area contributed by atoms with Gasteiger partial charge in [-0.25, -0.2) is 9.78 Å². The molecule has 2 amide bonds. The molecule has 0 saturated heterocycles. The number of rotatable bonds is 3. The molecular formula is C9H11N3O4. The monoisotopic (exact) mass is 225 g/mol. The van der Waals surface area contributed by atoms with Gasteiger partial charge in [0.15, 0.2) is 11.5 Å². The Hall–Kier alpha value is -2.31. The fourth-order valence-electron chi connectivity index (χ4n) is 1.02. The Labute approximate surface area is 91.6 Å². The molecule has 0 aliphatic carbocycles. The summed E-state index contributed by atoms with van der Waals surface area (Å²) in [5.41, 5.74) is 5.00. The van der Waals surface area contributed by atoms with Crippen molar-refractivity contribution in [3.8, 4) is 11.5 Å². The summed E-state index contributed by atoms with van der Waals surface area (Å²) in [5, 5.41) is 2.40. The van der Waals surface area contributed by atoms with Crippen molar-refractivity contribution in [2.24, 2.45) is 5.73 Å². The number of nitrogens with one attached hydrogen (secondary N) is 1. The van der Waals surface area contributed by atoms with E-state index >= 15 is 0 Å². The second-order valence-corrected chi connectivity index (χ2v) is 2.72. The van der Waals surface area contributed by atoms with Crippen LogP contribution in [-0.2, 0) is 0 Å². The van der Waals surface area contributed by atoms with E-state index in [4.69, 9.17) is 10.5 Å². The third-order valence-electron chi connectivity index (χ3n) is 1.72. The number of methoxy groups -OCH3 is 1. The molecule has 0 spiro atoms. The zero-order chi connectivity index (χ0) is 12.1. The normalized spacial score (nSPS) is 9.38. The molecule has 3 N–H and O–H groups in total. The van der Waals surface area contributed by atoms with Gasteiger partial charge in [0.1, 0.15) is 5.69 Å². The third kappa shape index (κ3) is 2.59. The van der Waals surface area contributed by atoms with E-state index in [-0.39, 0.29) is 23.1 Å². The molecular weight excluding hydrogens is 214 g/mol. The molecule has 0 atom stereocenters. The highest BCUT2D eigenvalue weighted by Gasteiger charge is 2.12. The summed E-state index contributed by atoms with van der Waals surface area (Å²) in [5.74, 6) is -0.112. The summed E-state index contributed by atoms with van der Waals surface area (Å²) in [6, 6.07) is 1.34. The molecule has 1 aromatic rings. The van der Waals surface area contributed by atoms with Crippen molar-refractivity contribution in [1.29, 1.82) is 0 Å². The number of nitrogens with zero attached hydrogens (tertiary/aromatic N) is 1. The SMILES string of the molecule is CNC(=O)c1cc(OC)c(OC(N)=O)cn1. The van der Waals surface area contributed by atoms with Crippen LogP contribution in [-0.4, -0.2) is 31.1 Å². The van der Waals surface area contributed by atoms with E-state index < -0.39 is 6.09 Å². The van der Waals surface area contributed by atoms with E-state index in [0.29, 0.717) is 0 Å². The van der Waals surface area contributed by atoms with Crippen molar-refractivity contribution in [2.45, 2.75) is 0 Å². The van der Waals surface area contributed by atoms with Crippen LogP contribution in [0.1, 0.15) is 10.5 Å². The van der Waals surface area contributed by atoms with Crippen LogP contribution < -0.4 is 20.5 Å². The van der Waals surface area contributed by atoms with Gasteiger partial charge in [-0.15, -0.1) is 0 Å². The molecule has 86 valence electrons. The lowest BCUT2D eigenvalue weighted by molar-refractivity contribution is 0.0957. The van der Waals surface area contributed by atoms with Crippen LogP contribution in [0.25, 0.3) is 0 Å². The van der Waals surface area contributed by atoms with Gasteiger partial charge in [-0.3, -0.25) is 4.79 Å². The average molecular weight is 225 g/mol.